The second-order valence-electron chi connectivity index (χ2n) is 5.61. The first-order valence-electron chi connectivity index (χ1n) is 7.74. The van der Waals surface area contributed by atoms with Gasteiger partial charge in [0, 0.05) is 18.7 Å². The summed E-state index contributed by atoms with van der Waals surface area (Å²) >= 11 is 6.16. The molecule has 0 spiro atoms. The van der Waals surface area contributed by atoms with Crippen LogP contribution in [0.3, 0.4) is 0 Å². The highest BCUT2D eigenvalue weighted by atomic mass is 35.5. The average molecular weight is 349 g/mol. The molecule has 0 atom stereocenters. The van der Waals surface area contributed by atoms with E-state index >= 15 is 0 Å². The Kier molecular flexibility index (Phi) is 4.85. The van der Waals surface area contributed by atoms with Crippen LogP contribution in [0.15, 0.2) is 28.8 Å². The summed E-state index contributed by atoms with van der Waals surface area (Å²) in [5.74, 6) is -0.506. The summed E-state index contributed by atoms with van der Waals surface area (Å²) in [5, 5.41) is 4.37. The van der Waals surface area contributed by atoms with Crippen LogP contribution >= 0.6 is 11.6 Å². The lowest BCUT2D eigenvalue weighted by Gasteiger charge is -2.14. The van der Waals surface area contributed by atoms with E-state index in [0.717, 1.165) is 12.8 Å². The highest BCUT2D eigenvalue weighted by Gasteiger charge is 2.26. The predicted octanol–water partition coefficient (Wildman–Crippen LogP) is 3.08. The van der Waals surface area contributed by atoms with E-state index in [0.29, 0.717) is 35.1 Å². The minimum atomic E-state index is -0.642. The average Bonchev–Trinajstić information content (AvgIpc) is 3.22. The summed E-state index contributed by atoms with van der Waals surface area (Å²) in [7, 11) is 0. The van der Waals surface area contributed by atoms with Crippen molar-refractivity contribution < 1.29 is 18.8 Å². The van der Waals surface area contributed by atoms with Crippen molar-refractivity contribution in [3.8, 4) is 11.3 Å². The first-order chi connectivity index (χ1) is 11.6. The Labute approximate surface area is 144 Å². The van der Waals surface area contributed by atoms with Crippen molar-refractivity contribution >= 4 is 23.5 Å². The number of halogens is 1. The molecule has 0 bridgehead atoms. The molecule has 1 fully saturated rings. The van der Waals surface area contributed by atoms with Crippen molar-refractivity contribution in [1.82, 2.24) is 10.1 Å². The Morgan fingerprint density at radius 3 is 2.71 bits per heavy atom. The summed E-state index contributed by atoms with van der Waals surface area (Å²) in [4.78, 5) is 26.1. The Balaban J connectivity index is 1.77. The standard InChI is InChI=1S/C17H17ClN2O4/c1-11-15(16(19-24-11)12-6-2-3-7-13(12)18)17(22)23-10-14(21)20-8-4-5-9-20/h2-3,6-7H,4-5,8-10H2,1H3. The Bertz CT molecular complexity index is 766. The van der Waals surface area contributed by atoms with E-state index in [1.54, 1.807) is 36.1 Å². The summed E-state index contributed by atoms with van der Waals surface area (Å²) in [5.41, 5.74) is 1.09. The van der Waals surface area contributed by atoms with Gasteiger partial charge in [-0.3, -0.25) is 4.79 Å². The molecular formula is C17H17ClN2O4. The molecule has 1 aliphatic heterocycles. The molecule has 2 aromatic rings. The predicted molar refractivity (Wildman–Crippen MR) is 87.8 cm³/mol. The zero-order valence-electron chi connectivity index (χ0n) is 13.3. The maximum atomic E-state index is 12.4. The number of carbonyl (C=O) groups is 2. The van der Waals surface area contributed by atoms with Crippen LogP contribution in [0.2, 0.25) is 5.02 Å². The Morgan fingerprint density at radius 1 is 1.29 bits per heavy atom. The van der Waals surface area contributed by atoms with E-state index in [2.05, 4.69) is 5.16 Å². The molecule has 3 rings (SSSR count). The van der Waals surface area contributed by atoms with Gasteiger partial charge in [-0.2, -0.15) is 0 Å². The largest absolute Gasteiger partial charge is 0.452 e. The molecule has 7 heteroatoms. The van der Waals surface area contributed by atoms with E-state index in [-0.39, 0.29) is 18.1 Å². The minimum absolute atomic E-state index is 0.186. The lowest BCUT2D eigenvalue weighted by molar-refractivity contribution is -0.133. The van der Waals surface area contributed by atoms with Crippen molar-refractivity contribution in [2.45, 2.75) is 19.8 Å². The van der Waals surface area contributed by atoms with Crippen LogP contribution in [0.5, 0.6) is 0 Å². The number of hydrogen-bond donors (Lipinski definition) is 0. The van der Waals surface area contributed by atoms with Gasteiger partial charge in [-0.05, 0) is 25.8 Å². The van der Waals surface area contributed by atoms with Gasteiger partial charge >= 0.3 is 5.97 Å². The van der Waals surface area contributed by atoms with Crippen LogP contribution in [0.1, 0.15) is 29.0 Å². The third-order valence-electron chi connectivity index (χ3n) is 3.98. The molecule has 126 valence electrons. The zero-order valence-corrected chi connectivity index (χ0v) is 14.0. The zero-order chi connectivity index (χ0) is 17.1. The lowest BCUT2D eigenvalue weighted by Crippen LogP contribution is -2.32. The van der Waals surface area contributed by atoms with Crippen molar-refractivity contribution in [3.63, 3.8) is 0 Å². The molecule has 1 saturated heterocycles. The third kappa shape index (κ3) is 3.28. The fourth-order valence-corrected chi connectivity index (χ4v) is 2.93. The van der Waals surface area contributed by atoms with E-state index < -0.39 is 5.97 Å². The quantitative estimate of drug-likeness (QED) is 0.794. The van der Waals surface area contributed by atoms with Crippen molar-refractivity contribution in [2.75, 3.05) is 19.7 Å². The Morgan fingerprint density at radius 2 is 2.00 bits per heavy atom. The van der Waals surface area contributed by atoms with Crippen LogP contribution < -0.4 is 0 Å². The fourth-order valence-electron chi connectivity index (χ4n) is 2.71. The van der Waals surface area contributed by atoms with E-state index in [4.69, 9.17) is 20.9 Å². The smallest absolute Gasteiger partial charge is 0.344 e. The number of ether oxygens (including phenoxy) is 1. The Hall–Kier alpha value is -2.34. The first kappa shape index (κ1) is 16.5. The van der Waals surface area contributed by atoms with Crippen LogP contribution in [0.25, 0.3) is 11.3 Å². The van der Waals surface area contributed by atoms with Crippen molar-refractivity contribution in [2.24, 2.45) is 0 Å². The second-order valence-corrected chi connectivity index (χ2v) is 6.01. The molecule has 1 aliphatic rings. The summed E-state index contributed by atoms with van der Waals surface area (Å²) in [6.45, 7) is 2.76. The molecule has 0 unspecified atom stereocenters. The van der Waals surface area contributed by atoms with Crippen molar-refractivity contribution in [1.29, 1.82) is 0 Å². The number of amides is 1. The van der Waals surface area contributed by atoms with Gasteiger partial charge in [0.2, 0.25) is 0 Å². The molecule has 0 aliphatic carbocycles. The van der Waals surface area contributed by atoms with Crippen molar-refractivity contribution in [3.05, 3.63) is 40.6 Å². The van der Waals surface area contributed by atoms with Crippen LogP contribution in [0, 0.1) is 6.92 Å². The van der Waals surface area contributed by atoms with E-state index in [1.807, 2.05) is 0 Å². The normalized spacial score (nSPS) is 14.0. The minimum Gasteiger partial charge on any atom is -0.452 e. The summed E-state index contributed by atoms with van der Waals surface area (Å²) in [6.07, 6.45) is 1.97. The number of nitrogens with zero attached hydrogens (tertiary/aromatic N) is 2. The number of aromatic nitrogens is 1. The van der Waals surface area contributed by atoms with Gasteiger partial charge < -0.3 is 14.2 Å². The molecule has 1 aromatic heterocycles. The molecule has 0 N–H and O–H groups in total. The number of rotatable bonds is 4. The number of benzene rings is 1. The summed E-state index contributed by atoms with van der Waals surface area (Å²) in [6, 6.07) is 7.02. The maximum Gasteiger partial charge on any atom is 0.344 e. The van der Waals surface area contributed by atoms with Gasteiger partial charge in [-0.1, -0.05) is 35.0 Å². The second kappa shape index (κ2) is 7.05. The van der Waals surface area contributed by atoms with Crippen LogP contribution in [-0.2, 0) is 9.53 Å². The first-order valence-corrected chi connectivity index (χ1v) is 8.12. The van der Waals surface area contributed by atoms with Gasteiger partial charge in [-0.25, -0.2) is 4.79 Å². The van der Waals surface area contributed by atoms with Crippen LogP contribution in [-0.4, -0.2) is 41.6 Å². The lowest BCUT2D eigenvalue weighted by atomic mass is 10.1. The molecule has 1 amide bonds. The molecule has 2 heterocycles. The number of carbonyl (C=O) groups excluding carboxylic acids is 2. The fraction of sp³-hybridized carbons (Fsp3) is 0.353. The number of esters is 1. The number of aryl methyl sites for hydroxylation is 1. The van der Waals surface area contributed by atoms with Crippen LogP contribution in [0.4, 0.5) is 0 Å². The molecular weight excluding hydrogens is 332 g/mol. The SMILES string of the molecule is Cc1onc(-c2ccccc2Cl)c1C(=O)OCC(=O)N1CCCC1. The van der Waals surface area contributed by atoms with Gasteiger partial charge in [0.1, 0.15) is 17.0 Å². The number of hydrogen-bond acceptors (Lipinski definition) is 5. The third-order valence-corrected chi connectivity index (χ3v) is 4.31. The highest BCUT2D eigenvalue weighted by Crippen LogP contribution is 2.31. The topological polar surface area (TPSA) is 72.6 Å². The van der Waals surface area contributed by atoms with Gasteiger partial charge in [0.05, 0.1) is 5.02 Å². The number of likely N-dealkylation sites (tertiary alicyclic amines) is 1. The monoisotopic (exact) mass is 348 g/mol. The van der Waals surface area contributed by atoms with Gasteiger partial charge in [0.25, 0.3) is 5.91 Å². The molecule has 6 nitrogen and oxygen atoms in total. The molecule has 24 heavy (non-hydrogen) atoms. The van der Waals surface area contributed by atoms with E-state index in [1.165, 1.54) is 0 Å². The molecule has 1 aromatic carbocycles. The van der Waals surface area contributed by atoms with Gasteiger partial charge in [0.15, 0.2) is 6.61 Å². The summed E-state index contributed by atoms with van der Waals surface area (Å²) < 4.78 is 10.3. The highest BCUT2D eigenvalue weighted by molar-refractivity contribution is 6.33. The molecule has 0 saturated carbocycles. The van der Waals surface area contributed by atoms with Gasteiger partial charge in [-0.15, -0.1) is 0 Å². The molecule has 0 radical (unpaired) electrons. The maximum absolute atomic E-state index is 12.4. The van der Waals surface area contributed by atoms with E-state index in [9.17, 15) is 9.59 Å².